The molecule has 0 unspecified atom stereocenters. The molecule has 0 fully saturated rings. The fourth-order valence-corrected chi connectivity index (χ4v) is 2.22. The van der Waals surface area contributed by atoms with Crippen molar-refractivity contribution in [3.8, 4) is 5.75 Å². The van der Waals surface area contributed by atoms with Gasteiger partial charge in [-0.15, -0.1) is 0 Å². The quantitative estimate of drug-likeness (QED) is 0.791. The average Bonchev–Trinajstić information content (AvgIpc) is 2.59. The van der Waals surface area contributed by atoms with Crippen LogP contribution in [0.25, 0.3) is 0 Å². The first-order valence-corrected chi connectivity index (χ1v) is 8.36. The molecule has 0 aliphatic heterocycles. The van der Waals surface area contributed by atoms with Crippen LogP contribution >= 0.6 is 0 Å². The number of nitrogens with one attached hydrogen (secondary N) is 2. The topological polar surface area (TPSA) is 67.4 Å². The SMILES string of the molecule is Cc1ccccc1C(=O)NNC(=O)c1cccc(OCCC(C)C)c1. The van der Waals surface area contributed by atoms with E-state index in [1.54, 1.807) is 30.3 Å². The van der Waals surface area contributed by atoms with Gasteiger partial charge in [0.1, 0.15) is 5.75 Å². The van der Waals surface area contributed by atoms with Gasteiger partial charge in [0.15, 0.2) is 0 Å². The van der Waals surface area contributed by atoms with E-state index in [0.717, 1.165) is 12.0 Å². The summed E-state index contributed by atoms with van der Waals surface area (Å²) in [5.41, 5.74) is 6.66. The van der Waals surface area contributed by atoms with E-state index in [1.807, 2.05) is 25.1 Å². The van der Waals surface area contributed by atoms with Gasteiger partial charge in [0, 0.05) is 11.1 Å². The molecule has 2 aromatic carbocycles. The molecule has 0 saturated heterocycles. The van der Waals surface area contributed by atoms with Gasteiger partial charge in [0.2, 0.25) is 0 Å². The first-order valence-electron chi connectivity index (χ1n) is 8.36. The van der Waals surface area contributed by atoms with Crippen LogP contribution in [0.15, 0.2) is 48.5 Å². The minimum atomic E-state index is -0.392. The Morgan fingerprint density at radius 3 is 2.44 bits per heavy atom. The molecule has 0 saturated carbocycles. The van der Waals surface area contributed by atoms with Crippen LogP contribution in [0.1, 0.15) is 46.5 Å². The summed E-state index contributed by atoms with van der Waals surface area (Å²) in [6, 6.07) is 14.1. The van der Waals surface area contributed by atoms with Crippen molar-refractivity contribution in [1.29, 1.82) is 0 Å². The summed E-state index contributed by atoms with van der Waals surface area (Å²) in [5.74, 6) is 0.452. The number of hydrogen-bond acceptors (Lipinski definition) is 3. The predicted octanol–water partition coefficient (Wildman–Crippen LogP) is 3.49. The fourth-order valence-electron chi connectivity index (χ4n) is 2.22. The molecule has 0 aromatic heterocycles. The predicted molar refractivity (Wildman–Crippen MR) is 97.5 cm³/mol. The maximum Gasteiger partial charge on any atom is 0.269 e. The first-order chi connectivity index (χ1) is 12.0. The molecular weight excluding hydrogens is 316 g/mol. The van der Waals surface area contributed by atoms with Crippen LogP contribution in [0.5, 0.6) is 5.75 Å². The molecule has 0 bridgehead atoms. The summed E-state index contributed by atoms with van der Waals surface area (Å²) in [7, 11) is 0. The number of ether oxygens (including phenoxy) is 1. The highest BCUT2D eigenvalue weighted by Crippen LogP contribution is 2.14. The van der Waals surface area contributed by atoms with Gasteiger partial charge in [0.05, 0.1) is 6.61 Å². The zero-order chi connectivity index (χ0) is 18.2. The standard InChI is InChI=1S/C20H24N2O3/c1-14(2)11-12-25-17-9-6-8-16(13-17)19(23)21-22-20(24)18-10-5-4-7-15(18)3/h4-10,13-14H,11-12H2,1-3H3,(H,21,23)(H,22,24). The first kappa shape index (κ1) is 18.5. The molecule has 0 spiro atoms. The van der Waals surface area contributed by atoms with Crippen molar-refractivity contribution in [2.45, 2.75) is 27.2 Å². The monoisotopic (exact) mass is 340 g/mol. The van der Waals surface area contributed by atoms with Crippen molar-refractivity contribution in [3.05, 3.63) is 65.2 Å². The van der Waals surface area contributed by atoms with E-state index < -0.39 is 5.91 Å². The van der Waals surface area contributed by atoms with Crippen LogP contribution in [-0.2, 0) is 0 Å². The third-order valence-electron chi connectivity index (χ3n) is 3.74. The second-order valence-electron chi connectivity index (χ2n) is 6.28. The summed E-state index contributed by atoms with van der Waals surface area (Å²) < 4.78 is 5.65. The Bertz CT molecular complexity index is 741. The lowest BCUT2D eigenvalue weighted by molar-refractivity contribution is 0.0846. The maximum absolute atomic E-state index is 12.2. The highest BCUT2D eigenvalue weighted by atomic mass is 16.5. The van der Waals surface area contributed by atoms with Crippen LogP contribution in [0.2, 0.25) is 0 Å². The van der Waals surface area contributed by atoms with Crippen molar-refractivity contribution in [3.63, 3.8) is 0 Å². The smallest absolute Gasteiger partial charge is 0.269 e. The van der Waals surface area contributed by atoms with Gasteiger partial charge in [-0.3, -0.25) is 20.4 Å². The highest BCUT2D eigenvalue weighted by molar-refractivity contribution is 5.99. The van der Waals surface area contributed by atoms with E-state index in [-0.39, 0.29) is 5.91 Å². The molecule has 0 aliphatic carbocycles. The van der Waals surface area contributed by atoms with Gasteiger partial charge in [-0.05, 0) is 49.1 Å². The number of carbonyl (C=O) groups excluding carboxylic acids is 2. The lowest BCUT2D eigenvalue weighted by Gasteiger charge is -2.11. The van der Waals surface area contributed by atoms with E-state index in [1.165, 1.54) is 0 Å². The summed E-state index contributed by atoms with van der Waals surface area (Å²) in [5, 5.41) is 0. The third kappa shape index (κ3) is 5.64. The van der Waals surface area contributed by atoms with Gasteiger partial charge < -0.3 is 4.74 Å². The Labute approximate surface area is 148 Å². The van der Waals surface area contributed by atoms with E-state index in [2.05, 4.69) is 24.7 Å². The van der Waals surface area contributed by atoms with E-state index in [9.17, 15) is 9.59 Å². The van der Waals surface area contributed by atoms with Crippen LogP contribution < -0.4 is 15.6 Å². The molecule has 5 nitrogen and oxygen atoms in total. The number of hydrogen-bond donors (Lipinski definition) is 2. The van der Waals surface area contributed by atoms with Crippen LogP contribution in [-0.4, -0.2) is 18.4 Å². The second-order valence-corrected chi connectivity index (χ2v) is 6.28. The average molecular weight is 340 g/mol. The van der Waals surface area contributed by atoms with Crippen molar-refractivity contribution in [1.82, 2.24) is 10.9 Å². The van der Waals surface area contributed by atoms with E-state index in [4.69, 9.17) is 4.74 Å². The van der Waals surface area contributed by atoms with Crippen LogP contribution in [0.4, 0.5) is 0 Å². The lowest BCUT2D eigenvalue weighted by atomic mass is 10.1. The second kappa shape index (κ2) is 8.87. The molecule has 2 rings (SSSR count). The van der Waals surface area contributed by atoms with Crippen molar-refractivity contribution in [2.75, 3.05) is 6.61 Å². The zero-order valence-electron chi connectivity index (χ0n) is 14.8. The minimum absolute atomic E-state index is 0.351. The van der Waals surface area contributed by atoms with Gasteiger partial charge in [0.25, 0.3) is 11.8 Å². The van der Waals surface area contributed by atoms with Crippen LogP contribution in [0, 0.1) is 12.8 Å². The lowest BCUT2D eigenvalue weighted by Crippen LogP contribution is -2.41. The largest absolute Gasteiger partial charge is 0.494 e. The molecule has 2 N–H and O–H groups in total. The molecule has 2 amide bonds. The van der Waals surface area contributed by atoms with Crippen LogP contribution in [0.3, 0.4) is 0 Å². The van der Waals surface area contributed by atoms with Gasteiger partial charge in [-0.2, -0.15) is 0 Å². The number of aryl methyl sites for hydroxylation is 1. The van der Waals surface area contributed by atoms with Gasteiger partial charge >= 0.3 is 0 Å². The molecule has 0 atom stereocenters. The highest BCUT2D eigenvalue weighted by Gasteiger charge is 2.11. The van der Waals surface area contributed by atoms with Gasteiger partial charge in [-0.25, -0.2) is 0 Å². The Morgan fingerprint density at radius 2 is 1.72 bits per heavy atom. The Hall–Kier alpha value is -2.82. The number of rotatable bonds is 6. The zero-order valence-corrected chi connectivity index (χ0v) is 14.8. The molecular formula is C20H24N2O3. The molecule has 0 heterocycles. The minimum Gasteiger partial charge on any atom is -0.494 e. The molecule has 5 heteroatoms. The molecule has 25 heavy (non-hydrogen) atoms. The Kier molecular flexibility index (Phi) is 6.57. The van der Waals surface area contributed by atoms with Crippen molar-refractivity contribution in [2.24, 2.45) is 5.92 Å². The molecule has 0 radical (unpaired) electrons. The summed E-state index contributed by atoms with van der Waals surface area (Å²) in [6.45, 7) is 6.70. The fraction of sp³-hybridized carbons (Fsp3) is 0.300. The summed E-state index contributed by atoms with van der Waals surface area (Å²) >= 11 is 0. The third-order valence-corrected chi connectivity index (χ3v) is 3.74. The number of benzene rings is 2. The van der Waals surface area contributed by atoms with Crippen molar-refractivity contribution < 1.29 is 14.3 Å². The van der Waals surface area contributed by atoms with E-state index >= 15 is 0 Å². The summed E-state index contributed by atoms with van der Waals surface area (Å²) in [6.07, 6.45) is 0.947. The number of amides is 2. The molecule has 2 aromatic rings. The molecule has 132 valence electrons. The van der Waals surface area contributed by atoms with E-state index in [0.29, 0.717) is 29.4 Å². The maximum atomic E-state index is 12.2. The normalized spacial score (nSPS) is 10.4. The molecule has 0 aliphatic rings. The van der Waals surface area contributed by atoms with Gasteiger partial charge in [-0.1, -0.05) is 38.1 Å². The Balaban J connectivity index is 1.92. The number of carbonyl (C=O) groups is 2. The Morgan fingerprint density at radius 1 is 1.00 bits per heavy atom. The van der Waals surface area contributed by atoms with Crippen molar-refractivity contribution >= 4 is 11.8 Å². The summed E-state index contributed by atoms with van der Waals surface area (Å²) in [4.78, 5) is 24.3. The number of hydrazine groups is 1.